The van der Waals surface area contributed by atoms with E-state index in [9.17, 15) is 0 Å². The van der Waals surface area contributed by atoms with Crippen LogP contribution in [0.3, 0.4) is 0 Å². The second kappa shape index (κ2) is 1.32. The second-order valence-corrected chi connectivity index (χ2v) is 5.25. The van der Waals surface area contributed by atoms with Crippen LogP contribution in [0.15, 0.2) is 11.1 Å². The van der Waals surface area contributed by atoms with Crippen LogP contribution in [0.25, 0.3) is 0 Å². The van der Waals surface area contributed by atoms with Crippen LogP contribution in [0.4, 0.5) is 0 Å². The third-order valence-corrected chi connectivity index (χ3v) is 4.30. The molecule has 0 aromatic carbocycles. The van der Waals surface area contributed by atoms with Gasteiger partial charge in [-0.3, -0.25) is 0 Å². The third kappa shape index (κ3) is 0.579. The summed E-state index contributed by atoms with van der Waals surface area (Å²) >= 11 is 0. The van der Waals surface area contributed by atoms with Gasteiger partial charge in [0.2, 0.25) is 0 Å². The summed E-state index contributed by atoms with van der Waals surface area (Å²) in [5.41, 5.74) is 4.68. The van der Waals surface area contributed by atoms with Gasteiger partial charge in [0.05, 0.1) is 0 Å². The van der Waals surface area contributed by atoms with E-state index in [0.717, 1.165) is 11.3 Å². The number of hydrogen-bond donors (Lipinski definition) is 0. The van der Waals surface area contributed by atoms with Crippen molar-refractivity contribution in [2.75, 3.05) is 0 Å². The fraction of sp³-hybridized carbons (Fsp3) is 0.818. The average molecular weight is 146 g/mol. The van der Waals surface area contributed by atoms with Crippen molar-refractivity contribution in [3.63, 3.8) is 0 Å². The van der Waals surface area contributed by atoms with Crippen molar-refractivity contribution < 1.29 is 0 Å². The molecule has 4 rings (SSSR count). The monoisotopic (exact) mass is 146 g/mol. The van der Waals surface area contributed by atoms with E-state index in [1.165, 1.54) is 18.8 Å². The minimum Gasteiger partial charge on any atom is -0.0657 e. The van der Waals surface area contributed by atoms with Gasteiger partial charge in [-0.2, -0.15) is 0 Å². The molecule has 2 saturated carbocycles. The van der Waals surface area contributed by atoms with Crippen molar-refractivity contribution in [3.05, 3.63) is 11.1 Å². The van der Waals surface area contributed by atoms with Gasteiger partial charge in [0.25, 0.3) is 0 Å². The largest absolute Gasteiger partial charge is 0.0657 e. The lowest BCUT2D eigenvalue weighted by Gasteiger charge is -2.12. The van der Waals surface area contributed by atoms with Crippen molar-refractivity contribution in [2.45, 2.75) is 38.5 Å². The highest BCUT2D eigenvalue weighted by atomic mass is 14.7. The van der Waals surface area contributed by atoms with E-state index in [4.69, 9.17) is 0 Å². The highest BCUT2D eigenvalue weighted by Gasteiger charge is 2.64. The number of rotatable bonds is 2. The Hall–Kier alpha value is -0.260. The zero-order valence-corrected chi connectivity index (χ0v) is 6.90. The molecule has 2 atom stereocenters. The Labute approximate surface area is 67.7 Å². The molecule has 58 valence electrons. The van der Waals surface area contributed by atoms with Crippen LogP contribution in [0.1, 0.15) is 38.5 Å². The van der Waals surface area contributed by atoms with Crippen molar-refractivity contribution in [1.29, 1.82) is 0 Å². The Morgan fingerprint density at radius 1 is 1.36 bits per heavy atom. The molecule has 0 N–H and O–H groups in total. The Morgan fingerprint density at radius 2 is 2.27 bits per heavy atom. The van der Waals surface area contributed by atoms with Gasteiger partial charge in [0.1, 0.15) is 0 Å². The van der Waals surface area contributed by atoms with Crippen LogP contribution in [-0.4, -0.2) is 0 Å². The van der Waals surface area contributed by atoms with Gasteiger partial charge in [-0.25, -0.2) is 0 Å². The van der Waals surface area contributed by atoms with E-state index < -0.39 is 0 Å². The first kappa shape index (κ1) is 5.40. The molecule has 2 unspecified atom stereocenters. The van der Waals surface area contributed by atoms with Gasteiger partial charge in [-0.1, -0.05) is 24.0 Å². The molecular formula is C11H14. The third-order valence-electron chi connectivity index (χ3n) is 4.30. The summed E-state index contributed by atoms with van der Waals surface area (Å²) in [6.07, 6.45) is 9.28. The zero-order valence-electron chi connectivity index (χ0n) is 6.90. The van der Waals surface area contributed by atoms with E-state index >= 15 is 0 Å². The molecule has 4 aliphatic carbocycles. The van der Waals surface area contributed by atoms with Gasteiger partial charge in [0, 0.05) is 0 Å². The molecule has 0 aromatic rings. The van der Waals surface area contributed by atoms with Crippen molar-refractivity contribution in [3.8, 4) is 0 Å². The summed E-state index contributed by atoms with van der Waals surface area (Å²) in [7, 11) is 0. The average Bonchev–Trinajstić information content (AvgIpc) is 2.79. The Balaban J connectivity index is 1.58. The van der Waals surface area contributed by atoms with Gasteiger partial charge in [-0.15, -0.1) is 0 Å². The lowest BCUT2D eigenvalue weighted by molar-refractivity contribution is 0.415. The first-order valence-corrected chi connectivity index (χ1v) is 5.08. The van der Waals surface area contributed by atoms with Gasteiger partial charge in [0.15, 0.2) is 0 Å². The summed E-state index contributed by atoms with van der Waals surface area (Å²) < 4.78 is 0. The normalized spacial score (nSPS) is 50.7. The van der Waals surface area contributed by atoms with Crippen molar-refractivity contribution >= 4 is 0 Å². The molecule has 2 fully saturated rings. The predicted molar refractivity (Wildman–Crippen MR) is 44.1 cm³/mol. The predicted octanol–water partition coefficient (Wildman–Crippen LogP) is 2.90. The molecule has 4 aliphatic rings. The second-order valence-electron chi connectivity index (χ2n) is 5.25. The zero-order chi connectivity index (χ0) is 7.05. The molecule has 0 heteroatoms. The fourth-order valence-electron chi connectivity index (χ4n) is 3.39. The number of hydrogen-bond acceptors (Lipinski definition) is 0. The molecular weight excluding hydrogens is 132 g/mol. The van der Waals surface area contributed by atoms with E-state index in [0.29, 0.717) is 0 Å². The van der Waals surface area contributed by atoms with Gasteiger partial charge in [-0.05, 0) is 42.9 Å². The first-order chi connectivity index (χ1) is 5.37. The maximum atomic E-state index is 1.91. The van der Waals surface area contributed by atoms with Crippen LogP contribution >= 0.6 is 0 Å². The molecule has 0 saturated heterocycles. The summed E-state index contributed by atoms with van der Waals surface area (Å²) in [5, 5.41) is 0. The molecule has 0 aliphatic heterocycles. The first-order valence-electron chi connectivity index (χ1n) is 5.08. The Bertz CT molecular complexity index is 270. The van der Waals surface area contributed by atoms with E-state index in [1.54, 1.807) is 25.7 Å². The van der Waals surface area contributed by atoms with E-state index in [2.05, 4.69) is 0 Å². The highest BCUT2D eigenvalue weighted by Crippen LogP contribution is 2.76. The molecule has 0 heterocycles. The van der Waals surface area contributed by atoms with Crippen LogP contribution in [-0.2, 0) is 0 Å². The van der Waals surface area contributed by atoms with Crippen LogP contribution < -0.4 is 0 Å². The highest BCUT2D eigenvalue weighted by molar-refractivity contribution is 5.50. The summed E-state index contributed by atoms with van der Waals surface area (Å²) in [6.45, 7) is 0. The lowest BCUT2D eigenvalue weighted by atomic mass is 9.92. The number of allylic oxidation sites excluding steroid dienone is 2. The maximum Gasteiger partial charge on any atom is -0.00995 e. The van der Waals surface area contributed by atoms with Crippen molar-refractivity contribution in [1.82, 2.24) is 0 Å². The molecule has 0 spiro atoms. The summed E-state index contributed by atoms with van der Waals surface area (Å²) in [4.78, 5) is 0. The fourth-order valence-corrected chi connectivity index (χ4v) is 3.39. The van der Waals surface area contributed by atoms with Gasteiger partial charge >= 0.3 is 0 Å². The molecule has 0 aromatic heterocycles. The number of fused-ring (bicyclic) bond motifs is 2. The maximum absolute atomic E-state index is 1.91. The molecule has 11 heavy (non-hydrogen) atoms. The molecule has 0 radical (unpaired) electrons. The minimum absolute atomic E-state index is 0.893. The smallest absolute Gasteiger partial charge is 0.00995 e. The molecule has 0 amide bonds. The summed E-state index contributed by atoms with van der Waals surface area (Å²) in [6, 6.07) is 0. The van der Waals surface area contributed by atoms with Crippen LogP contribution in [0, 0.1) is 17.3 Å². The van der Waals surface area contributed by atoms with Crippen molar-refractivity contribution in [2.24, 2.45) is 17.3 Å². The lowest BCUT2D eigenvalue weighted by Crippen LogP contribution is -2.03. The van der Waals surface area contributed by atoms with E-state index in [-0.39, 0.29) is 0 Å². The minimum atomic E-state index is 0.893. The standard InChI is InChI=1S/C11H14/c1-2-7(1)4-11-5-8-3-9(8)10(11)6-11/h7,10H,1-6H2. The van der Waals surface area contributed by atoms with Gasteiger partial charge < -0.3 is 0 Å². The molecule has 0 bridgehead atoms. The topological polar surface area (TPSA) is 0 Å². The summed E-state index contributed by atoms with van der Waals surface area (Å²) in [5.74, 6) is 2.29. The SMILES string of the molecule is C1C2=C1C1CC1(CC1CC1)C2. The Morgan fingerprint density at radius 3 is 2.91 bits per heavy atom. The van der Waals surface area contributed by atoms with E-state index in [1.807, 2.05) is 11.1 Å². The Kier molecular flexibility index (Phi) is 0.648. The molecule has 0 nitrogen and oxygen atoms in total. The van der Waals surface area contributed by atoms with Crippen LogP contribution in [0.2, 0.25) is 0 Å². The quantitative estimate of drug-likeness (QED) is 0.525. The van der Waals surface area contributed by atoms with Crippen LogP contribution in [0.5, 0.6) is 0 Å².